The molecular weight excluding hydrogens is 486 g/mol. The summed E-state index contributed by atoms with van der Waals surface area (Å²) in [6.07, 6.45) is 2.61. The van der Waals surface area contributed by atoms with Crippen molar-refractivity contribution >= 4 is 44.1 Å². The lowest BCUT2D eigenvalue weighted by Gasteiger charge is -2.12. The minimum Gasteiger partial charge on any atom is -0.345 e. The molecule has 0 aliphatic heterocycles. The second kappa shape index (κ2) is 8.16. The van der Waals surface area contributed by atoms with Gasteiger partial charge in [-0.15, -0.1) is 0 Å². The highest BCUT2D eigenvalue weighted by Crippen LogP contribution is 2.32. The lowest BCUT2D eigenvalue weighted by Crippen LogP contribution is -2.18. The molecule has 2 heterocycles. The molecule has 170 valence electrons. The van der Waals surface area contributed by atoms with E-state index in [1.165, 1.54) is 12.4 Å². The number of sulfonamides is 1. The Morgan fingerprint density at radius 2 is 1.79 bits per heavy atom. The number of ketones is 1. The highest BCUT2D eigenvalue weighted by Gasteiger charge is 2.28. The number of rotatable bonds is 5. The van der Waals surface area contributed by atoms with Crippen LogP contribution < -0.4 is 4.72 Å². The fraction of sp³-hybridized carbons (Fsp3) is 0.0476. The monoisotopic (exact) mass is 497 g/mol. The molecule has 0 aliphatic carbocycles. The van der Waals surface area contributed by atoms with E-state index in [0.29, 0.717) is 35.9 Å². The SMILES string of the molecule is Cc1cnc2[nH]cc(C(=O)c3c(F)ccc(NS(=O)(=O)c4cc(F)ccc4F)c3F)c2c1Cl. The Kier molecular flexibility index (Phi) is 5.62. The molecule has 0 spiro atoms. The maximum Gasteiger partial charge on any atom is 0.265 e. The van der Waals surface area contributed by atoms with Gasteiger partial charge in [-0.3, -0.25) is 9.52 Å². The van der Waals surface area contributed by atoms with E-state index in [-0.39, 0.29) is 21.6 Å². The van der Waals surface area contributed by atoms with Crippen LogP contribution in [0.5, 0.6) is 0 Å². The first kappa shape index (κ1) is 22.7. The summed E-state index contributed by atoms with van der Waals surface area (Å²) in [4.78, 5) is 18.7. The van der Waals surface area contributed by atoms with Crippen LogP contribution in [0.15, 0.2) is 47.6 Å². The van der Waals surface area contributed by atoms with Crippen molar-refractivity contribution in [3.05, 3.63) is 87.7 Å². The maximum atomic E-state index is 15.2. The van der Waals surface area contributed by atoms with Crippen LogP contribution in [-0.4, -0.2) is 24.2 Å². The zero-order valence-corrected chi connectivity index (χ0v) is 18.1. The summed E-state index contributed by atoms with van der Waals surface area (Å²) < 4.78 is 83.7. The summed E-state index contributed by atoms with van der Waals surface area (Å²) >= 11 is 6.24. The topological polar surface area (TPSA) is 91.9 Å². The number of benzene rings is 2. The highest BCUT2D eigenvalue weighted by molar-refractivity contribution is 7.92. The number of hydrogen-bond donors (Lipinski definition) is 2. The number of aryl methyl sites for hydroxylation is 1. The Morgan fingerprint density at radius 1 is 1.09 bits per heavy atom. The Bertz CT molecular complexity index is 1550. The average molecular weight is 498 g/mol. The molecule has 12 heteroatoms. The number of fused-ring (bicyclic) bond motifs is 1. The number of halogens is 5. The van der Waals surface area contributed by atoms with Gasteiger partial charge in [0.05, 0.1) is 21.8 Å². The van der Waals surface area contributed by atoms with Gasteiger partial charge in [0.2, 0.25) is 5.78 Å². The van der Waals surface area contributed by atoms with Gasteiger partial charge in [-0.25, -0.2) is 31.0 Å². The summed E-state index contributed by atoms with van der Waals surface area (Å²) in [6, 6.07) is 3.05. The van der Waals surface area contributed by atoms with Crippen molar-refractivity contribution in [1.29, 1.82) is 0 Å². The molecule has 4 rings (SSSR count). The van der Waals surface area contributed by atoms with E-state index >= 15 is 4.39 Å². The second-order valence-electron chi connectivity index (χ2n) is 6.97. The van der Waals surface area contributed by atoms with Gasteiger partial charge >= 0.3 is 0 Å². The number of H-pyrrole nitrogens is 1. The molecule has 4 aromatic rings. The first-order valence-corrected chi connectivity index (χ1v) is 11.0. The zero-order valence-electron chi connectivity index (χ0n) is 16.5. The molecule has 2 aromatic carbocycles. The second-order valence-corrected chi connectivity index (χ2v) is 9.00. The van der Waals surface area contributed by atoms with Gasteiger partial charge in [0.15, 0.2) is 5.82 Å². The van der Waals surface area contributed by atoms with Crippen LogP contribution in [0.25, 0.3) is 11.0 Å². The normalized spacial score (nSPS) is 11.7. The highest BCUT2D eigenvalue weighted by atomic mass is 35.5. The van der Waals surface area contributed by atoms with Gasteiger partial charge in [0.1, 0.15) is 28.0 Å². The van der Waals surface area contributed by atoms with Crippen LogP contribution in [0.2, 0.25) is 5.02 Å². The van der Waals surface area contributed by atoms with Gasteiger partial charge in [0, 0.05) is 17.8 Å². The zero-order chi connectivity index (χ0) is 24.1. The van der Waals surface area contributed by atoms with Crippen molar-refractivity contribution in [2.75, 3.05) is 4.72 Å². The average Bonchev–Trinajstić information content (AvgIpc) is 3.19. The first-order valence-electron chi connectivity index (χ1n) is 9.14. The molecule has 0 bridgehead atoms. The molecule has 0 radical (unpaired) electrons. The number of nitrogens with one attached hydrogen (secondary N) is 2. The fourth-order valence-electron chi connectivity index (χ4n) is 3.19. The van der Waals surface area contributed by atoms with Crippen LogP contribution in [0.3, 0.4) is 0 Å². The molecule has 0 atom stereocenters. The van der Waals surface area contributed by atoms with Crippen LogP contribution in [0.1, 0.15) is 21.5 Å². The summed E-state index contributed by atoms with van der Waals surface area (Å²) in [5.41, 5.74) is -1.40. The van der Waals surface area contributed by atoms with E-state index in [0.717, 1.165) is 0 Å². The predicted octanol–water partition coefficient (Wildman–Crippen LogP) is 5.11. The van der Waals surface area contributed by atoms with Crippen molar-refractivity contribution in [2.24, 2.45) is 0 Å². The summed E-state index contributed by atoms with van der Waals surface area (Å²) in [6.45, 7) is 1.62. The summed E-state index contributed by atoms with van der Waals surface area (Å²) in [5.74, 6) is -6.30. The van der Waals surface area contributed by atoms with Crippen LogP contribution in [-0.2, 0) is 10.0 Å². The Morgan fingerprint density at radius 3 is 2.52 bits per heavy atom. The van der Waals surface area contributed by atoms with Gasteiger partial charge in [0.25, 0.3) is 10.0 Å². The molecular formula is C21H12ClF4N3O3S. The van der Waals surface area contributed by atoms with Crippen molar-refractivity contribution in [3.8, 4) is 0 Å². The molecule has 0 unspecified atom stereocenters. The smallest absolute Gasteiger partial charge is 0.265 e. The Labute approximate surface area is 189 Å². The first-order chi connectivity index (χ1) is 15.5. The van der Waals surface area contributed by atoms with Crippen molar-refractivity contribution < 1.29 is 30.8 Å². The quantitative estimate of drug-likeness (QED) is 0.296. The molecule has 0 saturated carbocycles. The number of carbonyl (C=O) groups excluding carboxylic acids is 1. The van der Waals surface area contributed by atoms with Gasteiger partial charge in [-0.1, -0.05) is 11.6 Å². The van der Waals surface area contributed by atoms with E-state index in [4.69, 9.17) is 11.6 Å². The van der Waals surface area contributed by atoms with E-state index in [1.54, 1.807) is 11.6 Å². The lowest BCUT2D eigenvalue weighted by atomic mass is 10.0. The van der Waals surface area contributed by atoms with Crippen molar-refractivity contribution in [3.63, 3.8) is 0 Å². The number of nitrogens with zero attached hydrogens (tertiary/aromatic N) is 1. The van der Waals surface area contributed by atoms with E-state index in [2.05, 4.69) is 9.97 Å². The maximum absolute atomic E-state index is 15.2. The molecule has 6 nitrogen and oxygen atoms in total. The number of hydrogen-bond acceptors (Lipinski definition) is 4. The van der Waals surface area contributed by atoms with Gasteiger partial charge in [-0.2, -0.15) is 0 Å². The fourth-order valence-corrected chi connectivity index (χ4v) is 4.58. The number of anilines is 1. The third kappa shape index (κ3) is 3.93. The molecule has 33 heavy (non-hydrogen) atoms. The molecule has 2 N–H and O–H groups in total. The van der Waals surface area contributed by atoms with E-state index in [1.807, 2.05) is 0 Å². The van der Waals surface area contributed by atoms with E-state index < -0.39 is 55.2 Å². The van der Waals surface area contributed by atoms with E-state index in [9.17, 15) is 26.4 Å². The molecule has 0 amide bonds. The van der Waals surface area contributed by atoms with Gasteiger partial charge < -0.3 is 4.98 Å². The number of aromatic amines is 1. The third-order valence-corrected chi connectivity index (χ3v) is 6.67. The van der Waals surface area contributed by atoms with Crippen molar-refractivity contribution in [2.45, 2.75) is 11.8 Å². The van der Waals surface area contributed by atoms with Gasteiger partial charge in [-0.05, 0) is 42.8 Å². The number of aromatic nitrogens is 2. The molecule has 0 fully saturated rings. The summed E-state index contributed by atoms with van der Waals surface area (Å²) in [5, 5.41) is 0.275. The molecule has 2 aromatic heterocycles. The number of carbonyl (C=O) groups is 1. The van der Waals surface area contributed by atoms with Crippen LogP contribution >= 0.6 is 11.6 Å². The summed E-state index contributed by atoms with van der Waals surface area (Å²) in [7, 11) is -4.82. The molecule has 0 aliphatic rings. The third-order valence-electron chi connectivity index (χ3n) is 4.80. The minimum absolute atomic E-state index is 0.133. The van der Waals surface area contributed by atoms with Crippen LogP contribution in [0.4, 0.5) is 23.2 Å². The Hall–Kier alpha value is -3.44. The largest absolute Gasteiger partial charge is 0.345 e. The standard InChI is InChI=1S/C21H12ClF4N3O3S/c1-9-7-27-21-16(18(9)22)11(8-28-21)20(30)17-13(25)4-5-14(19(17)26)29-33(31,32)15-6-10(23)2-3-12(15)24/h2-8,29H,1H3,(H,27,28). The predicted molar refractivity (Wildman–Crippen MR) is 113 cm³/mol. The Balaban J connectivity index is 1.81. The number of pyridine rings is 1. The minimum atomic E-state index is -4.82. The van der Waals surface area contributed by atoms with Crippen molar-refractivity contribution in [1.82, 2.24) is 9.97 Å². The molecule has 0 saturated heterocycles. The lowest BCUT2D eigenvalue weighted by molar-refractivity contribution is 0.103. The van der Waals surface area contributed by atoms with Crippen LogP contribution in [0, 0.1) is 30.2 Å².